The minimum absolute atomic E-state index is 0.0712. The van der Waals surface area contributed by atoms with E-state index in [1.165, 1.54) is 0 Å². The summed E-state index contributed by atoms with van der Waals surface area (Å²) in [6.45, 7) is 10.9. The first kappa shape index (κ1) is 21.8. The van der Waals surface area contributed by atoms with Gasteiger partial charge < -0.3 is 20.5 Å². The van der Waals surface area contributed by atoms with Crippen LogP contribution in [-0.2, 0) is 4.74 Å². The number of quaternary nitrogens is 2. The number of fused-ring (bicyclic) bond motifs is 1. The molecule has 1 heterocycles. The molecule has 8 unspecified atom stereocenters. The van der Waals surface area contributed by atoms with Gasteiger partial charge in [-0.15, -0.1) is 11.6 Å². The predicted molar refractivity (Wildman–Crippen MR) is 109 cm³/mol. The zero-order valence-electron chi connectivity index (χ0n) is 17.9. The number of nitrogens with two attached hydrogens (primary N) is 2. The lowest BCUT2D eigenvalue weighted by Crippen LogP contribution is -2.98. The largest absolute Gasteiger partial charge is 0.474 e. The van der Waals surface area contributed by atoms with E-state index in [1.807, 2.05) is 19.2 Å². The summed E-state index contributed by atoms with van der Waals surface area (Å²) in [7, 11) is 8.22. The summed E-state index contributed by atoms with van der Waals surface area (Å²) in [6.07, 6.45) is 5.99. The highest BCUT2D eigenvalue weighted by Crippen LogP contribution is 2.55. The molecule has 0 bridgehead atoms. The quantitative estimate of drug-likeness (QED) is 0.499. The number of aliphatic hydroxyl groups excluding tert-OH is 1. The van der Waals surface area contributed by atoms with E-state index in [0.29, 0.717) is 11.8 Å². The monoisotopic (exact) mass is 400 g/mol. The van der Waals surface area contributed by atoms with E-state index in [0.717, 1.165) is 38.5 Å². The average Bonchev–Trinajstić information content (AvgIpc) is 3.02. The molecule has 0 aromatic rings. The van der Waals surface area contributed by atoms with Crippen LogP contribution in [0.5, 0.6) is 0 Å². The number of hydrogen-bond acceptors (Lipinski definition) is 2. The molecule has 4 nitrogen and oxygen atoms in total. The molecule has 0 radical (unpaired) electrons. The Kier molecular flexibility index (Phi) is 5.76. The number of hydrogen-bond donors (Lipinski definition) is 3. The Bertz CT molecular complexity index is 553. The van der Waals surface area contributed by atoms with Crippen LogP contribution in [0.3, 0.4) is 0 Å². The van der Waals surface area contributed by atoms with Crippen LogP contribution in [0.4, 0.5) is 0 Å². The first-order valence-corrected chi connectivity index (χ1v) is 11.1. The number of alkyl halides is 1. The molecule has 3 aliphatic rings. The number of rotatable bonds is 4. The summed E-state index contributed by atoms with van der Waals surface area (Å²) in [4.78, 5) is -0.359. The fourth-order valence-corrected chi connectivity index (χ4v) is 6.54. The lowest BCUT2D eigenvalue weighted by atomic mass is 9.51. The van der Waals surface area contributed by atoms with Crippen LogP contribution in [0.2, 0.25) is 0 Å². The van der Waals surface area contributed by atoms with E-state index in [2.05, 4.69) is 40.2 Å². The molecule has 158 valence electrons. The van der Waals surface area contributed by atoms with Crippen LogP contribution in [0.1, 0.15) is 73.1 Å². The lowest BCUT2D eigenvalue weighted by Gasteiger charge is -2.59. The second-order valence-electron chi connectivity index (χ2n) is 10.8. The topological polar surface area (TPSA) is 62.7 Å². The van der Waals surface area contributed by atoms with Crippen molar-refractivity contribution in [2.75, 3.05) is 0 Å². The minimum Gasteiger partial charge on any atom is -0.474 e. The van der Waals surface area contributed by atoms with Crippen LogP contribution >= 0.6 is 11.6 Å². The van der Waals surface area contributed by atoms with Crippen LogP contribution in [0, 0.1) is 31.8 Å². The molecular weight excluding hydrogens is 360 g/mol. The summed E-state index contributed by atoms with van der Waals surface area (Å²) in [5.41, 5.74) is -0.355. The Hall–Kier alpha value is 0.130. The van der Waals surface area contributed by atoms with Crippen molar-refractivity contribution in [2.24, 2.45) is 17.8 Å². The van der Waals surface area contributed by atoms with Crippen LogP contribution in [-0.4, -0.2) is 38.9 Å². The van der Waals surface area contributed by atoms with Gasteiger partial charge in [0, 0.05) is 24.7 Å². The van der Waals surface area contributed by atoms with Crippen molar-refractivity contribution in [3.8, 4) is 0 Å². The minimum atomic E-state index is -0.387. The van der Waals surface area contributed by atoms with Gasteiger partial charge in [0.05, 0.1) is 27.7 Å². The van der Waals surface area contributed by atoms with Crippen molar-refractivity contribution in [3.63, 3.8) is 0 Å². The predicted octanol–water partition coefficient (Wildman–Crippen LogP) is 1.97. The molecule has 0 aromatic carbocycles. The summed E-state index contributed by atoms with van der Waals surface area (Å²) in [5, 5.41) is 15.7. The van der Waals surface area contributed by atoms with Gasteiger partial charge in [-0.3, -0.25) is 0 Å². The van der Waals surface area contributed by atoms with Crippen molar-refractivity contribution in [1.82, 2.24) is 0 Å². The van der Waals surface area contributed by atoms with Crippen molar-refractivity contribution in [3.05, 3.63) is 14.1 Å². The van der Waals surface area contributed by atoms with Gasteiger partial charge in [-0.25, -0.2) is 0 Å². The van der Waals surface area contributed by atoms with Gasteiger partial charge in [-0.1, -0.05) is 0 Å². The number of halogens is 1. The van der Waals surface area contributed by atoms with E-state index >= 15 is 0 Å². The fourth-order valence-electron chi connectivity index (χ4n) is 6.39. The van der Waals surface area contributed by atoms with Crippen LogP contribution in [0.25, 0.3) is 0 Å². The molecule has 8 atom stereocenters. The molecular formula is C22H41ClN2O2. The van der Waals surface area contributed by atoms with Crippen molar-refractivity contribution < 1.29 is 20.5 Å². The maximum atomic E-state index is 11.5. The standard InChI is InChI=1S/C22H41ClN2O2/c1-19(2,23)16-10-13-22(5,27-16)15-9-11-20(3,24-6)14-8-12-21(4,25-7)18(26)17(14)15/h14-18,26H,6-13,24-25H2,1-5H3. The number of aliphatic hydroxyl groups is 1. The molecule has 0 aromatic heterocycles. The molecule has 27 heavy (non-hydrogen) atoms. The van der Waals surface area contributed by atoms with E-state index in [9.17, 15) is 5.11 Å². The molecule has 5 heteroatoms. The van der Waals surface area contributed by atoms with Gasteiger partial charge in [0.15, 0.2) is 0 Å². The second-order valence-corrected chi connectivity index (χ2v) is 11.7. The highest BCUT2D eigenvalue weighted by Gasteiger charge is 2.62. The molecule has 2 aliphatic carbocycles. The summed E-state index contributed by atoms with van der Waals surface area (Å²) in [5.74, 6) is 0.995. The maximum Gasteiger partial charge on any atom is 0.110 e. The van der Waals surface area contributed by atoms with E-state index in [4.69, 9.17) is 16.3 Å². The van der Waals surface area contributed by atoms with Gasteiger partial charge in [0.2, 0.25) is 0 Å². The number of ether oxygens (including phenoxy) is 1. The van der Waals surface area contributed by atoms with E-state index in [1.54, 1.807) is 0 Å². The second kappa shape index (κ2) is 7.12. The Labute approximate surface area is 171 Å². The Morgan fingerprint density at radius 2 is 1.52 bits per heavy atom. The SMILES string of the molecule is [CH2-][NH2+]C1(C)CCC2C(C1O)C(C1(C)CCC(C(C)(C)Cl)O1)CCC2(C)[NH2+][CH2-]. The van der Waals surface area contributed by atoms with E-state index < -0.39 is 0 Å². The van der Waals surface area contributed by atoms with E-state index in [-0.39, 0.29) is 39.7 Å². The molecule has 1 saturated heterocycles. The van der Waals surface area contributed by atoms with Gasteiger partial charge in [-0.2, -0.15) is 14.1 Å². The zero-order valence-corrected chi connectivity index (χ0v) is 18.7. The Balaban J connectivity index is 1.94. The third-order valence-electron chi connectivity index (χ3n) is 8.60. The van der Waals surface area contributed by atoms with Crippen molar-refractivity contribution >= 4 is 11.6 Å². The fraction of sp³-hybridized carbons (Fsp3) is 0.909. The summed E-state index contributed by atoms with van der Waals surface area (Å²) in [6, 6.07) is 0. The average molecular weight is 401 g/mol. The highest BCUT2D eigenvalue weighted by molar-refractivity contribution is 6.23. The molecule has 2 saturated carbocycles. The zero-order chi connectivity index (χ0) is 20.3. The molecule has 0 spiro atoms. The van der Waals surface area contributed by atoms with Crippen LogP contribution in [0.15, 0.2) is 0 Å². The Morgan fingerprint density at radius 1 is 0.963 bits per heavy atom. The van der Waals surface area contributed by atoms with Crippen molar-refractivity contribution in [1.29, 1.82) is 0 Å². The maximum absolute atomic E-state index is 11.5. The lowest BCUT2D eigenvalue weighted by molar-refractivity contribution is -0.704. The van der Waals surface area contributed by atoms with Crippen molar-refractivity contribution in [2.45, 2.75) is 107 Å². The molecule has 1 aliphatic heterocycles. The normalized spacial score (nSPS) is 51.2. The van der Waals surface area contributed by atoms with Gasteiger partial charge in [0.1, 0.15) is 6.10 Å². The molecule has 3 rings (SSSR count). The first-order chi connectivity index (χ1) is 12.4. The smallest absolute Gasteiger partial charge is 0.110 e. The molecule has 3 fully saturated rings. The highest BCUT2D eigenvalue weighted by atomic mass is 35.5. The summed E-state index contributed by atoms with van der Waals surface area (Å²) >= 11 is 6.61. The van der Waals surface area contributed by atoms with Crippen LogP contribution < -0.4 is 10.6 Å². The van der Waals surface area contributed by atoms with Gasteiger partial charge in [-0.05, 0) is 66.2 Å². The first-order valence-electron chi connectivity index (χ1n) is 10.7. The van der Waals surface area contributed by atoms with Gasteiger partial charge in [0.25, 0.3) is 0 Å². The Morgan fingerprint density at radius 3 is 2.04 bits per heavy atom. The molecule has 5 N–H and O–H groups in total. The molecule has 0 amide bonds. The third kappa shape index (κ3) is 3.59. The third-order valence-corrected chi connectivity index (χ3v) is 8.84. The summed E-state index contributed by atoms with van der Waals surface area (Å²) < 4.78 is 6.66. The van der Waals surface area contributed by atoms with Gasteiger partial charge >= 0.3 is 0 Å².